The maximum absolute atomic E-state index is 12.3. The number of rotatable bonds is 5. The maximum atomic E-state index is 12.3. The summed E-state index contributed by atoms with van der Waals surface area (Å²) >= 11 is 1.52. The number of hydrogen-bond acceptors (Lipinski definition) is 5. The molecule has 0 radical (unpaired) electrons. The number of hydrogen-bond donors (Lipinski definition) is 3. The Labute approximate surface area is 144 Å². The van der Waals surface area contributed by atoms with Crippen LogP contribution in [0.25, 0.3) is 10.2 Å². The highest BCUT2D eigenvalue weighted by Gasteiger charge is 2.33. The van der Waals surface area contributed by atoms with Crippen LogP contribution in [0.15, 0.2) is 4.79 Å². The smallest absolute Gasteiger partial charge is 0.259 e. The van der Waals surface area contributed by atoms with Gasteiger partial charge in [0.05, 0.1) is 10.9 Å². The van der Waals surface area contributed by atoms with Crippen LogP contribution in [0, 0.1) is 13.8 Å². The molecule has 1 aliphatic rings. The minimum atomic E-state index is -0.232. The summed E-state index contributed by atoms with van der Waals surface area (Å²) in [5, 5.41) is 3.76. The molecule has 1 saturated carbocycles. The molecule has 0 aliphatic heterocycles. The lowest BCUT2D eigenvalue weighted by molar-refractivity contribution is -0.122. The SMILES string of the molecule is Cc1sc2nc(CCC(=O)NC3(CN)CCCC3)[nH]c(=O)c2c1C. The van der Waals surface area contributed by atoms with Gasteiger partial charge in [-0.3, -0.25) is 9.59 Å². The van der Waals surface area contributed by atoms with Crippen molar-refractivity contribution in [2.24, 2.45) is 5.73 Å². The quantitative estimate of drug-likeness (QED) is 0.768. The third-order valence-corrected chi connectivity index (χ3v) is 6.13. The molecule has 1 aliphatic carbocycles. The van der Waals surface area contributed by atoms with Crippen LogP contribution in [0.3, 0.4) is 0 Å². The summed E-state index contributed by atoms with van der Waals surface area (Å²) < 4.78 is 0. The van der Waals surface area contributed by atoms with E-state index < -0.39 is 0 Å². The van der Waals surface area contributed by atoms with Gasteiger partial charge >= 0.3 is 0 Å². The van der Waals surface area contributed by atoms with E-state index in [1.165, 1.54) is 11.3 Å². The summed E-state index contributed by atoms with van der Waals surface area (Å²) in [5.74, 6) is 0.542. The van der Waals surface area contributed by atoms with Gasteiger partial charge in [0.25, 0.3) is 5.56 Å². The number of nitrogens with two attached hydrogens (primary N) is 1. The molecule has 0 aromatic carbocycles. The number of aryl methyl sites for hydroxylation is 3. The van der Waals surface area contributed by atoms with Gasteiger partial charge in [0.2, 0.25) is 5.91 Å². The fourth-order valence-electron chi connectivity index (χ4n) is 3.44. The Balaban J connectivity index is 1.69. The van der Waals surface area contributed by atoms with Crippen LogP contribution in [0.4, 0.5) is 0 Å². The van der Waals surface area contributed by atoms with Gasteiger partial charge in [0, 0.05) is 24.3 Å². The minimum Gasteiger partial charge on any atom is -0.349 e. The monoisotopic (exact) mass is 348 g/mol. The molecule has 4 N–H and O–H groups in total. The van der Waals surface area contributed by atoms with Crippen LogP contribution in [0.2, 0.25) is 0 Å². The van der Waals surface area contributed by atoms with Crippen molar-refractivity contribution in [1.82, 2.24) is 15.3 Å². The van der Waals surface area contributed by atoms with Gasteiger partial charge in [-0.2, -0.15) is 0 Å². The molecular formula is C17H24N4O2S. The molecule has 1 amide bonds. The molecule has 130 valence electrons. The van der Waals surface area contributed by atoms with E-state index in [1.807, 2.05) is 13.8 Å². The summed E-state index contributed by atoms with van der Waals surface area (Å²) in [6.07, 6.45) is 4.85. The zero-order chi connectivity index (χ0) is 17.3. The van der Waals surface area contributed by atoms with E-state index in [2.05, 4.69) is 15.3 Å². The zero-order valence-electron chi connectivity index (χ0n) is 14.2. The Bertz CT molecular complexity index is 818. The van der Waals surface area contributed by atoms with E-state index in [-0.39, 0.29) is 17.0 Å². The van der Waals surface area contributed by atoms with E-state index in [4.69, 9.17) is 5.73 Å². The van der Waals surface area contributed by atoms with Crippen molar-refractivity contribution in [3.8, 4) is 0 Å². The third kappa shape index (κ3) is 3.23. The van der Waals surface area contributed by atoms with Crippen molar-refractivity contribution in [2.45, 2.75) is 57.9 Å². The lowest BCUT2D eigenvalue weighted by atomic mass is 9.97. The Morgan fingerprint density at radius 3 is 2.75 bits per heavy atom. The second kappa shape index (κ2) is 6.64. The number of fused-ring (bicyclic) bond motifs is 1. The number of amides is 1. The Morgan fingerprint density at radius 2 is 2.08 bits per heavy atom. The number of aromatic nitrogens is 2. The van der Waals surface area contributed by atoms with E-state index in [0.717, 1.165) is 41.0 Å². The van der Waals surface area contributed by atoms with E-state index in [1.54, 1.807) is 0 Å². The second-order valence-electron chi connectivity index (χ2n) is 6.72. The van der Waals surface area contributed by atoms with Crippen molar-refractivity contribution < 1.29 is 4.79 Å². The maximum Gasteiger partial charge on any atom is 0.259 e. The van der Waals surface area contributed by atoms with Crippen molar-refractivity contribution in [3.63, 3.8) is 0 Å². The van der Waals surface area contributed by atoms with Crippen molar-refractivity contribution >= 4 is 27.5 Å². The third-order valence-electron chi connectivity index (χ3n) is 5.03. The largest absolute Gasteiger partial charge is 0.349 e. The molecule has 2 aromatic rings. The van der Waals surface area contributed by atoms with Crippen molar-refractivity contribution in [1.29, 1.82) is 0 Å². The molecule has 24 heavy (non-hydrogen) atoms. The molecule has 1 fully saturated rings. The summed E-state index contributed by atoms with van der Waals surface area (Å²) in [7, 11) is 0. The Hall–Kier alpha value is -1.73. The number of H-pyrrole nitrogens is 1. The first kappa shape index (κ1) is 17.1. The highest BCUT2D eigenvalue weighted by Crippen LogP contribution is 2.29. The molecular weight excluding hydrogens is 324 g/mol. The predicted molar refractivity (Wildman–Crippen MR) is 96.4 cm³/mol. The standard InChI is InChI=1S/C17H24N4O2S/c1-10-11(2)24-16-14(10)15(23)19-12(20-16)5-6-13(22)21-17(9-18)7-3-4-8-17/h3-9,18H2,1-2H3,(H,21,22)(H,19,20,23). The first-order valence-electron chi connectivity index (χ1n) is 8.44. The van der Waals surface area contributed by atoms with Crippen LogP contribution in [0.1, 0.15) is 48.4 Å². The number of carbonyl (C=O) groups excluding carboxylic acids is 1. The summed E-state index contributed by atoms with van der Waals surface area (Å²) in [4.78, 5) is 33.7. The number of nitrogens with one attached hydrogen (secondary N) is 2. The van der Waals surface area contributed by atoms with Crippen LogP contribution in [0.5, 0.6) is 0 Å². The highest BCUT2D eigenvalue weighted by molar-refractivity contribution is 7.18. The van der Waals surface area contributed by atoms with Crippen LogP contribution < -0.4 is 16.6 Å². The second-order valence-corrected chi connectivity index (χ2v) is 7.92. The van der Waals surface area contributed by atoms with Gasteiger partial charge in [-0.25, -0.2) is 4.98 Å². The first-order chi connectivity index (χ1) is 11.4. The molecule has 3 rings (SSSR count). The van der Waals surface area contributed by atoms with Gasteiger partial charge in [0.15, 0.2) is 0 Å². The van der Waals surface area contributed by atoms with E-state index in [9.17, 15) is 9.59 Å². The zero-order valence-corrected chi connectivity index (χ0v) is 15.0. The normalized spacial score (nSPS) is 16.6. The number of thiophene rings is 1. The molecule has 0 saturated heterocycles. The average molecular weight is 348 g/mol. The minimum absolute atomic E-state index is 0.0244. The summed E-state index contributed by atoms with van der Waals surface area (Å²) in [5.41, 5.74) is 6.48. The van der Waals surface area contributed by atoms with Crippen LogP contribution in [-0.4, -0.2) is 28.0 Å². The lowest BCUT2D eigenvalue weighted by Crippen LogP contribution is -2.51. The van der Waals surface area contributed by atoms with Gasteiger partial charge in [-0.15, -0.1) is 11.3 Å². The van der Waals surface area contributed by atoms with Crippen molar-refractivity contribution in [3.05, 3.63) is 26.6 Å². The highest BCUT2D eigenvalue weighted by atomic mass is 32.1. The molecule has 0 spiro atoms. The Morgan fingerprint density at radius 1 is 1.38 bits per heavy atom. The predicted octanol–water partition coefficient (Wildman–Crippen LogP) is 1.92. The lowest BCUT2D eigenvalue weighted by Gasteiger charge is -2.28. The van der Waals surface area contributed by atoms with Crippen LogP contribution >= 0.6 is 11.3 Å². The average Bonchev–Trinajstić information content (AvgIpc) is 3.11. The van der Waals surface area contributed by atoms with Gasteiger partial charge in [-0.05, 0) is 32.3 Å². The molecule has 7 heteroatoms. The molecule has 2 heterocycles. The van der Waals surface area contributed by atoms with Crippen molar-refractivity contribution in [2.75, 3.05) is 6.54 Å². The molecule has 0 atom stereocenters. The molecule has 0 bridgehead atoms. The molecule has 2 aromatic heterocycles. The van der Waals surface area contributed by atoms with E-state index in [0.29, 0.717) is 30.6 Å². The topological polar surface area (TPSA) is 101 Å². The Kier molecular flexibility index (Phi) is 4.73. The summed E-state index contributed by atoms with van der Waals surface area (Å²) in [6.45, 7) is 4.40. The van der Waals surface area contributed by atoms with Gasteiger partial charge < -0.3 is 16.0 Å². The number of nitrogens with zero attached hydrogens (tertiary/aromatic N) is 1. The summed E-state index contributed by atoms with van der Waals surface area (Å²) in [6, 6.07) is 0. The molecule has 0 unspecified atom stereocenters. The van der Waals surface area contributed by atoms with Gasteiger partial charge in [-0.1, -0.05) is 12.8 Å². The number of aromatic amines is 1. The van der Waals surface area contributed by atoms with Gasteiger partial charge in [0.1, 0.15) is 10.7 Å². The number of carbonyl (C=O) groups is 1. The fourth-order valence-corrected chi connectivity index (χ4v) is 4.49. The van der Waals surface area contributed by atoms with E-state index >= 15 is 0 Å². The first-order valence-corrected chi connectivity index (χ1v) is 9.26. The van der Waals surface area contributed by atoms with Crippen LogP contribution in [-0.2, 0) is 11.2 Å². The molecule has 6 nitrogen and oxygen atoms in total. The fraction of sp³-hybridized carbons (Fsp3) is 0.588.